The molecule has 2 saturated carbocycles. The second-order valence-electron chi connectivity index (χ2n) is 10.2. The van der Waals surface area contributed by atoms with E-state index < -0.39 is 23.7 Å². The summed E-state index contributed by atoms with van der Waals surface area (Å²) in [6.07, 6.45) is 13.9. The first-order valence-corrected chi connectivity index (χ1v) is 12.4. The third-order valence-corrected chi connectivity index (χ3v) is 6.05. The number of ether oxygens (including phenoxy) is 1. The van der Waals surface area contributed by atoms with Gasteiger partial charge in [-0.25, -0.2) is 9.59 Å². The van der Waals surface area contributed by atoms with Gasteiger partial charge in [-0.1, -0.05) is 50.7 Å². The molecule has 4 N–H and O–H groups in total. The topological polar surface area (TPSA) is 108 Å². The fourth-order valence-corrected chi connectivity index (χ4v) is 4.39. The number of rotatable bonds is 6. The molecule has 1 amide bonds. The largest absolute Gasteiger partial charge is 0.508 e. The highest BCUT2D eigenvalue weighted by molar-refractivity contribution is 5.80. The predicted octanol–water partition coefficient (Wildman–Crippen LogP) is 5.15. The van der Waals surface area contributed by atoms with E-state index >= 15 is 0 Å². The lowest BCUT2D eigenvalue weighted by atomic mass is 9.91. The first-order chi connectivity index (χ1) is 15.6. The summed E-state index contributed by atoms with van der Waals surface area (Å²) in [5.74, 6) is -1.05. The molecule has 0 radical (unpaired) electrons. The third-order valence-electron chi connectivity index (χ3n) is 6.05. The summed E-state index contributed by atoms with van der Waals surface area (Å²) < 4.78 is 5.02. The van der Waals surface area contributed by atoms with Crippen LogP contribution in [-0.4, -0.2) is 46.0 Å². The summed E-state index contributed by atoms with van der Waals surface area (Å²) >= 11 is 0. The molecule has 3 rings (SSSR count). The number of aromatic hydroxyl groups is 1. The number of hydrogen-bond acceptors (Lipinski definition) is 5. The van der Waals surface area contributed by atoms with Crippen molar-refractivity contribution in [3.8, 4) is 5.75 Å². The van der Waals surface area contributed by atoms with Gasteiger partial charge in [-0.3, -0.25) is 0 Å². The minimum Gasteiger partial charge on any atom is -0.508 e. The molecule has 0 heterocycles. The molecule has 186 valence electrons. The van der Waals surface area contributed by atoms with Crippen molar-refractivity contribution in [3.63, 3.8) is 0 Å². The Morgan fingerprint density at radius 1 is 0.939 bits per heavy atom. The average molecular weight is 463 g/mol. The van der Waals surface area contributed by atoms with Gasteiger partial charge in [-0.2, -0.15) is 0 Å². The SMILES string of the molecule is C1CCC(NC2CCCCC2)CC1.CC(C)(C)OC(=O)N[C@@H](Cc1ccc(O)cc1)C(=O)O. The summed E-state index contributed by atoms with van der Waals surface area (Å²) in [5, 5.41) is 24.5. The van der Waals surface area contributed by atoms with Gasteiger partial charge in [-0.05, 0) is 64.2 Å². The van der Waals surface area contributed by atoms with Crippen LogP contribution in [0.25, 0.3) is 0 Å². The summed E-state index contributed by atoms with van der Waals surface area (Å²) in [5.41, 5.74) is -0.00247. The molecule has 1 aromatic carbocycles. The molecule has 0 unspecified atom stereocenters. The van der Waals surface area contributed by atoms with Gasteiger partial charge in [0.25, 0.3) is 0 Å². The maximum absolute atomic E-state index is 11.6. The van der Waals surface area contributed by atoms with Gasteiger partial charge in [0.2, 0.25) is 0 Å². The van der Waals surface area contributed by atoms with Crippen molar-refractivity contribution < 1.29 is 24.5 Å². The van der Waals surface area contributed by atoms with Gasteiger partial charge in [0.05, 0.1) is 0 Å². The fraction of sp³-hybridized carbons (Fsp3) is 0.692. The number of nitrogens with one attached hydrogen (secondary N) is 2. The van der Waals surface area contributed by atoms with Crippen molar-refractivity contribution in [2.45, 2.75) is 115 Å². The lowest BCUT2D eigenvalue weighted by Gasteiger charge is -2.30. The zero-order valence-electron chi connectivity index (χ0n) is 20.4. The second-order valence-corrected chi connectivity index (χ2v) is 10.2. The molecule has 2 aliphatic carbocycles. The van der Waals surface area contributed by atoms with Gasteiger partial charge < -0.3 is 25.6 Å². The van der Waals surface area contributed by atoms with E-state index in [1.54, 1.807) is 32.9 Å². The Morgan fingerprint density at radius 3 is 1.85 bits per heavy atom. The Kier molecular flexibility index (Phi) is 11.0. The maximum atomic E-state index is 11.6. The number of hydrogen-bond donors (Lipinski definition) is 4. The van der Waals surface area contributed by atoms with Crippen LogP contribution in [0, 0.1) is 0 Å². The number of aliphatic carboxylic acids is 1. The Labute approximate surface area is 198 Å². The zero-order chi connectivity index (χ0) is 24.3. The first kappa shape index (κ1) is 27.0. The minimum absolute atomic E-state index is 0.0979. The van der Waals surface area contributed by atoms with Crippen LogP contribution in [0.3, 0.4) is 0 Å². The molecule has 7 heteroatoms. The molecule has 7 nitrogen and oxygen atoms in total. The summed E-state index contributed by atoms with van der Waals surface area (Å²) in [6.45, 7) is 5.09. The lowest BCUT2D eigenvalue weighted by molar-refractivity contribution is -0.139. The van der Waals surface area contributed by atoms with E-state index in [1.165, 1.54) is 76.3 Å². The number of benzene rings is 1. The Balaban J connectivity index is 0.000000254. The second kappa shape index (κ2) is 13.4. The quantitative estimate of drug-likeness (QED) is 0.465. The van der Waals surface area contributed by atoms with Crippen molar-refractivity contribution in [2.75, 3.05) is 0 Å². The maximum Gasteiger partial charge on any atom is 0.408 e. The molecule has 1 atom stereocenters. The van der Waals surface area contributed by atoms with E-state index in [4.69, 9.17) is 14.9 Å². The van der Waals surface area contributed by atoms with Gasteiger partial charge in [0, 0.05) is 18.5 Å². The summed E-state index contributed by atoms with van der Waals surface area (Å²) in [4.78, 5) is 22.7. The molecule has 2 aliphatic rings. The van der Waals surface area contributed by atoms with Crippen LogP contribution in [0.4, 0.5) is 4.79 Å². The van der Waals surface area contributed by atoms with E-state index in [9.17, 15) is 9.59 Å². The van der Waals surface area contributed by atoms with E-state index in [0.717, 1.165) is 12.1 Å². The molecule has 1 aromatic rings. The molecular weight excluding hydrogens is 420 g/mol. The zero-order valence-corrected chi connectivity index (χ0v) is 20.4. The smallest absolute Gasteiger partial charge is 0.408 e. The number of amides is 1. The van der Waals surface area contributed by atoms with Crippen molar-refractivity contribution in [3.05, 3.63) is 29.8 Å². The predicted molar refractivity (Wildman–Crippen MR) is 129 cm³/mol. The van der Waals surface area contributed by atoms with Crippen LogP contribution < -0.4 is 10.6 Å². The lowest BCUT2D eigenvalue weighted by Crippen LogP contribution is -2.44. The van der Waals surface area contributed by atoms with Gasteiger partial charge >= 0.3 is 12.1 Å². The van der Waals surface area contributed by atoms with Crippen LogP contribution in [0.15, 0.2) is 24.3 Å². The van der Waals surface area contributed by atoms with E-state index in [0.29, 0.717) is 5.56 Å². The van der Waals surface area contributed by atoms with Crippen molar-refractivity contribution in [2.24, 2.45) is 0 Å². The molecular formula is C26H42N2O5. The Morgan fingerprint density at radius 2 is 1.42 bits per heavy atom. The Hall–Kier alpha value is -2.28. The monoisotopic (exact) mass is 462 g/mol. The van der Waals surface area contributed by atoms with Gasteiger partial charge in [-0.15, -0.1) is 0 Å². The number of phenolic OH excluding ortho intramolecular Hbond substituents is 1. The highest BCUT2D eigenvalue weighted by Crippen LogP contribution is 2.22. The number of carboxylic acid groups (broad SMARTS) is 1. The minimum atomic E-state index is -1.15. The number of carbonyl (C=O) groups is 2. The Bertz CT molecular complexity index is 701. The number of carbonyl (C=O) groups excluding carboxylic acids is 1. The molecule has 33 heavy (non-hydrogen) atoms. The van der Waals surface area contributed by atoms with E-state index in [-0.39, 0.29) is 12.2 Å². The van der Waals surface area contributed by atoms with Crippen LogP contribution in [0.1, 0.15) is 90.5 Å². The summed E-state index contributed by atoms with van der Waals surface area (Å²) in [6, 6.07) is 6.77. The van der Waals surface area contributed by atoms with Crippen molar-refractivity contribution >= 4 is 12.1 Å². The van der Waals surface area contributed by atoms with Gasteiger partial charge in [0.15, 0.2) is 0 Å². The third kappa shape index (κ3) is 11.4. The van der Waals surface area contributed by atoms with Crippen molar-refractivity contribution in [1.82, 2.24) is 10.6 Å². The number of carboxylic acids is 1. The first-order valence-electron chi connectivity index (χ1n) is 12.4. The molecule has 2 fully saturated rings. The molecule has 0 aliphatic heterocycles. The highest BCUT2D eigenvalue weighted by atomic mass is 16.6. The van der Waals surface area contributed by atoms with Crippen molar-refractivity contribution in [1.29, 1.82) is 0 Å². The fourth-order valence-electron chi connectivity index (χ4n) is 4.39. The molecule has 0 spiro atoms. The van der Waals surface area contributed by atoms with Crippen LogP contribution in [-0.2, 0) is 16.0 Å². The summed E-state index contributed by atoms with van der Waals surface area (Å²) in [7, 11) is 0. The molecule has 0 aromatic heterocycles. The standard InChI is InChI=1S/C14H19NO5.C12H23N/c1-14(2,3)20-13(19)15-11(12(17)18)8-9-4-6-10(16)7-5-9;1-3-7-11(8-4-1)13-12-9-5-2-6-10-12/h4-7,11,16H,8H2,1-3H3,(H,15,19)(H,17,18);11-13H,1-10H2/t11-;/m0./s1. The van der Waals surface area contributed by atoms with Gasteiger partial charge in [0.1, 0.15) is 17.4 Å². The number of alkyl carbamates (subject to hydrolysis) is 1. The van der Waals surface area contributed by atoms with Crippen LogP contribution >= 0.6 is 0 Å². The van der Waals surface area contributed by atoms with E-state index in [1.807, 2.05) is 0 Å². The van der Waals surface area contributed by atoms with Crippen LogP contribution in [0.5, 0.6) is 5.75 Å². The normalized spacial score (nSPS) is 18.5. The number of phenols is 1. The molecule has 0 bridgehead atoms. The van der Waals surface area contributed by atoms with E-state index in [2.05, 4.69) is 10.6 Å². The average Bonchev–Trinajstić information content (AvgIpc) is 2.75. The molecule has 0 saturated heterocycles. The highest BCUT2D eigenvalue weighted by Gasteiger charge is 2.24. The van der Waals surface area contributed by atoms with Crippen LogP contribution in [0.2, 0.25) is 0 Å².